The van der Waals surface area contributed by atoms with Gasteiger partial charge in [-0.25, -0.2) is 0 Å². The Morgan fingerprint density at radius 2 is 1.67 bits per heavy atom. The van der Waals surface area contributed by atoms with Gasteiger partial charge in [0.15, 0.2) is 0 Å². The number of hydrogen-bond donors (Lipinski definition) is 0. The minimum Gasteiger partial charge on any atom is -0.334 e. The number of halogens is 1. The van der Waals surface area contributed by atoms with E-state index in [9.17, 15) is 9.59 Å². The normalized spacial score (nSPS) is 10.7. The first-order valence-corrected chi connectivity index (χ1v) is 9.58. The van der Waals surface area contributed by atoms with Crippen LogP contribution in [-0.4, -0.2) is 40.7 Å². The number of nitrogens with zero attached hydrogens (tertiary/aromatic N) is 2. The number of carbonyl (C=O) groups is 2. The van der Waals surface area contributed by atoms with Crippen molar-refractivity contribution in [1.29, 1.82) is 0 Å². The van der Waals surface area contributed by atoms with Crippen molar-refractivity contribution in [2.75, 3.05) is 13.1 Å². The number of hydrogen-bond acceptors (Lipinski definition) is 2. The van der Waals surface area contributed by atoms with Gasteiger partial charge in [0.2, 0.25) is 11.8 Å². The Bertz CT molecular complexity index is 762. The van der Waals surface area contributed by atoms with Crippen LogP contribution in [0.25, 0.3) is 0 Å². The molecule has 2 rings (SSSR count). The lowest BCUT2D eigenvalue weighted by atomic mass is 10.1. The van der Waals surface area contributed by atoms with Gasteiger partial charge < -0.3 is 9.80 Å². The minimum absolute atomic E-state index is 0.0462. The highest BCUT2D eigenvalue weighted by Crippen LogP contribution is 2.13. The van der Waals surface area contributed by atoms with Gasteiger partial charge in [0.25, 0.3) is 0 Å². The molecule has 4 nitrogen and oxygen atoms in total. The molecule has 2 aromatic carbocycles. The first-order chi connectivity index (χ1) is 12.9. The summed E-state index contributed by atoms with van der Waals surface area (Å²) in [6.45, 7) is 6.59. The molecular formula is C22H27ClN2O2. The Kier molecular flexibility index (Phi) is 7.86. The fourth-order valence-corrected chi connectivity index (χ4v) is 3.11. The third-order valence-corrected chi connectivity index (χ3v) is 4.71. The van der Waals surface area contributed by atoms with E-state index >= 15 is 0 Å². The lowest BCUT2D eigenvalue weighted by Crippen LogP contribution is -2.45. The summed E-state index contributed by atoms with van der Waals surface area (Å²) in [5.41, 5.74) is 2.12. The van der Waals surface area contributed by atoms with Crippen LogP contribution in [0.5, 0.6) is 0 Å². The second-order valence-corrected chi connectivity index (χ2v) is 7.36. The molecule has 0 radical (unpaired) electrons. The largest absolute Gasteiger partial charge is 0.334 e. The number of carbonyl (C=O) groups excluding carboxylic acids is 2. The topological polar surface area (TPSA) is 40.6 Å². The fraction of sp³-hybridized carbons (Fsp3) is 0.364. The monoisotopic (exact) mass is 386 g/mol. The zero-order valence-corrected chi connectivity index (χ0v) is 16.9. The molecular weight excluding hydrogens is 360 g/mol. The zero-order valence-electron chi connectivity index (χ0n) is 16.2. The second-order valence-electron chi connectivity index (χ2n) is 6.92. The molecule has 0 atom stereocenters. The van der Waals surface area contributed by atoms with Gasteiger partial charge in [-0.05, 0) is 43.5 Å². The Hall–Kier alpha value is -2.33. The summed E-state index contributed by atoms with van der Waals surface area (Å²) in [5.74, 6) is -0.149. The van der Waals surface area contributed by atoms with Crippen LogP contribution in [-0.2, 0) is 22.6 Å². The van der Waals surface area contributed by atoms with E-state index in [-0.39, 0.29) is 24.4 Å². The maximum Gasteiger partial charge on any atom is 0.242 e. The van der Waals surface area contributed by atoms with Crippen molar-refractivity contribution in [3.63, 3.8) is 0 Å². The van der Waals surface area contributed by atoms with Gasteiger partial charge in [0.05, 0.1) is 6.54 Å². The van der Waals surface area contributed by atoms with Crippen LogP contribution in [0.15, 0.2) is 54.6 Å². The van der Waals surface area contributed by atoms with E-state index in [1.165, 1.54) is 6.92 Å². The summed E-state index contributed by atoms with van der Waals surface area (Å²) in [7, 11) is 0. The van der Waals surface area contributed by atoms with Crippen molar-refractivity contribution in [1.82, 2.24) is 9.80 Å². The van der Waals surface area contributed by atoms with E-state index in [1.807, 2.05) is 73.3 Å². The second kappa shape index (κ2) is 10.1. The molecule has 0 bridgehead atoms. The molecule has 0 aliphatic heterocycles. The van der Waals surface area contributed by atoms with Crippen molar-refractivity contribution in [2.24, 2.45) is 0 Å². The Labute approximate surface area is 166 Å². The minimum atomic E-state index is -0.103. The van der Waals surface area contributed by atoms with E-state index in [2.05, 4.69) is 0 Å². The Morgan fingerprint density at radius 3 is 2.26 bits per heavy atom. The molecule has 0 spiro atoms. The predicted molar refractivity (Wildman–Crippen MR) is 110 cm³/mol. The van der Waals surface area contributed by atoms with Crippen molar-refractivity contribution >= 4 is 23.4 Å². The summed E-state index contributed by atoms with van der Waals surface area (Å²) in [6.07, 6.45) is 0.660. The molecule has 0 N–H and O–H groups in total. The molecule has 0 aromatic heterocycles. The molecule has 2 aromatic rings. The van der Waals surface area contributed by atoms with E-state index in [1.54, 1.807) is 4.90 Å². The average Bonchev–Trinajstić information content (AvgIpc) is 2.63. The quantitative estimate of drug-likeness (QED) is 0.683. The van der Waals surface area contributed by atoms with Gasteiger partial charge in [-0.2, -0.15) is 0 Å². The highest BCUT2D eigenvalue weighted by molar-refractivity contribution is 6.30. The van der Waals surface area contributed by atoms with Crippen molar-refractivity contribution in [2.45, 2.75) is 39.8 Å². The highest BCUT2D eigenvalue weighted by atomic mass is 35.5. The summed E-state index contributed by atoms with van der Waals surface area (Å²) in [4.78, 5) is 28.3. The Balaban J connectivity index is 2.02. The van der Waals surface area contributed by atoms with E-state index < -0.39 is 0 Å². The summed E-state index contributed by atoms with van der Waals surface area (Å²) < 4.78 is 0. The standard InChI is InChI=1S/C22H27ClN2O2/c1-17(2)25(15-20-8-5-4-6-9-20)22(27)16-24(18(3)26)13-12-19-10-7-11-21(23)14-19/h4-11,14,17H,12-13,15-16H2,1-3H3. The van der Waals surface area contributed by atoms with Gasteiger partial charge >= 0.3 is 0 Å². The van der Waals surface area contributed by atoms with Crippen LogP contribution in [0.1, 0.15) is 31.9 Å². The smallest absolute Gasteiger partial charge is 0.242 e. The lowest BCUT2D eigenvalue weighted by molar-refractivity contribution is -0.141. The Morgan fingerprint density at radius 1 is 1.00 bits per heavy atom. The maximum absolute atomic E-state index is 12.9. The van der Waals surface area contributed by atoms with Crippen molar-refractivity contribution < 1.29 is 9.59 Å². The molecule has 0 heterocycles. The van der Waals surface area contributed by atoms with Crippen molar-refractivity contribution in [3.05, 3.63) is 70.7 Å². The average molecular weight is 387 g/mol. The molecule has 144 valence electrons. The molecule has 0 aliphatic carbocycles. The summed E-state index contributed by atoms with van der Waals surface area (Å²) in [6, 6.07) is 17.5. The van der Waals surface area contributed by atoms with Crippen LogP contribution in [0.2, 0.25) is 5.02 Å². The number of rotatable bonds is 8. The maximum atomic E-state index is 12.9. The van der Waals surface area contributed by atoms with Crippen LogP contribution >= 0.6 is 11.6 Å². The van der Waals surface area contributed by atoms with Gasteiger partial charge in [0, 0.05) is 31.1 Å². The third-order valence-electron chi connectivity index (χ3n) is 4.47. The van der Waals surface area contributed by atoms with Crippen molar-refractivity contribution in [3.8, 4) is 0 Å². The van der Waals surface area contributed by atoms with Crippen LogP contribution in [0.4, 0.5) is 0 Å². The summed E-state index contributed by atoms with van der Waals surface area (Å²) >= 11 is 6.02. The molecule has 0 saturated carbocycles. The van der Waals surface area contributed by atoms with Gasteiger partial charge in [-0.1, -0.05) is 54.1 Å². The van der Waals surface area contributed by atoms with Gasteiger partial charge in [-0.3, -0.25) is 9.59 Å². The highest BCUT2D eigenvalue weighted by Gasteiger charge is 2.21. The van der Waals surface area contributed by atoms with E-state index in [0.717, 1.165) is 11.1 Å². The fourth-order valence-electron chi connectivity index (χ4n) is 2.90. The predicted octanol–water partition coefficient (Wildman–Crippen LogP) is 4.17. The number of benzene rings is 2. The summed E-state index contributed by atoms with van der Waals surface area (Å²) in [5, 5.41) is 0.673. The van der Waals surface area contributed by atoms with Crippen LogP contribution in [0.3, 0.4) is 0 Å². The number of amides is 2. The first-order valence-electron chi connectivity index (χ1n) is 9.20. The van der Waals surface area contributed by atoms with Crippen LogP contribution in [0, 0.1) is 0 Å². The molecule has 0 fully saturated rings. The third kappa shape index (κ3) is 6.72. The first kappa shape index (κ1) is 21.0. The molecule has 0 saturated heterocycles. The molecule has 27 heavy (non-hydrogen) atoms. The molecule has 2 amide bonds. The van der Waals surface area contributed by atoms with Gasteiger partial charge in [-0.15, -0.1) is 0 Å². The molecule has 0 aliphatic rings. The zero-order chi connectivity index (χ0) is 19.8. The van der Waals surface area contributed by atoms with Crippen LogP contribution < -0.4 is 0 Å². The van der Waals surface area contributed by atoms with E-state index in [0.29, 0.717) is 24.5 Å². The molecule has 0 unspecified atom stereocenters. The lowest BCUT2D eigenvalue weighted by Gasteiger charge is -2.30. The SMILES string of the molecule is CC(=O)N(CCc1cccc(Cl)c1)CC(=O)N(Cc1ccccc1)C(C)C. The molecule has 5 heteroatoms. The van der Waals surface area contributed by atoms with E-state index in [4.69, 9.17) is 11.6 Å². The van der Waals surface area contributed by atoms with Gasteiger partial charge in [0.1, 0.15) is 0 Å².